The van der Waals surface area contributed by atoms with Gasteiger partial charge in [0.15, 0.2) is 5.78 Å². The van der Waals surface area contributed by atoms with Crippen molar-refractivity contribution in [3.05, 3.63) is 0 Å². The van der Waals surface area contributed by atoms with Crippen LogP contribution in [-0.2, 0) is 14.3 Å². The van der Waals surface area contributed by atoms with Crippen LogP contribution in [0.2, 0.25) is 0 Å². The lowest BCUT2D eigenvalue weighted by Crippen LogP contribution is -2.34. The van der Waals surface area contributed by atoms with E-state index in [0.717, 1.165) is 0 Å². The summed E-state index contributed by atoms with van der Waals surface area (Å²) in [5, 5.41) is 2.51. The monoisotopic (exact) mass is 201 g/mol. The summed E-state index contributed by atoms with van der Waals surface area (Å²) in [5.41, 5.74) is 0. The summed E-state index contributed by atoms with van der Waals surface area (Å²) >= 11 is 0. The fourth-order valence-electron chi connectivity index (χ4n) is 0.683. The second-order valence-electron chi connectivity index (χ2n) is 3.76. The number of rotatable bonds is 6. The fraction of sp³-hybridized carbons (Fsp3) is 0.800. The number of hydrogen-bond donors (Lipinski definition) is 1. The van der Waals surface area contributed by atoms with Crippen LogP contribution in [0.25, 0.3) is 0 Å². The van der Waals surface area contributed by atoms with Crippen molar-refractivity contribution in [2.45, 2.75) is 33.8 Å². The van der Waals surface area contributed by atoms with E-state index in [0.29, 0.717) is 0 Å². The third-order valence-electron chi connectivity index (χ3n) is 1.65. The number of ketones is 1. The quantitative estimate of drug-likeness (QED) is 0.690. The van der Waals surface area contributed by atoms with Gasteiger partial charge in [-0.2, -0.15) is 0 Å². The van der Waals surface area contributed by atoms with Crippen LogP contribution in [0.5, 0.6) is 0 Å². The number of carbonyl (C=O) groups is 2. The largest absolute Gasteiger partial charge is 0.369 e. The topological polar surface area (TPSA) is 55.4 Å². The molecule has 4 nitrogen and oxygen atoms in total. The Balaban J connectivity index is 3.59. The molecule has 0 unspecified atom stereocenters. The second kappa shape index (κ2) is 6.54. The Labute approximate surface area is 85.0 Å². The molecule has 0 spiro atoms. The van der Waals surface area contributed by atoms with Gasteiger partial charge < -0.3 is 10.1 Å². The highest BCUT2D eigenvalue weighted by Crippen LogP contribution is 1.92. The van der Waals surface area contributed by atoms with Gasteiger partial charge in [0.1, 0.15) is 6.61 Å². The first-order chi connectivity index (χ1) is 6.43. The third-order valence-corrected chi connectivity index (χ3v) is 1.65. The molecule has 0 rings (SSSR count). The predicted molar refractivity (Wildman–Crippen MR) is 53.9 cm³/mol. The number of ether oxygens (including phenoxy) is 1. The number of carbonyl (C=O) groups excluding carboxylic acids is 2. The zero-order chi connectivity index (χ0) is 11.1. The van der Waals surface area contributed by atoms with E-state index in [9.17, 15) is 9.59 Å². The summed E-state index contributed by atoms with van der Waals surface area (Å²) in [5.74, 6) is -0.253. The Morgan fingerprint density at radius 2 is 1.79 bits per heavy atom. The van der Waals surface area contributed by atoms with Crippen LogP contribution >= 0.6 is 0 Å². The molecule has 0 bridgehead atoms. The maximum atomic E-state index is 11.1. The molecule has 0 atom stereocenters. The van der Waals surface area contributed by atoms with Crippen LogP contribution < -0.4 is 5.32 Å². The molecule has 1 N–H and O–H groups in total. The van der Waals surface area contributed by atoms with Crippen molar-refractivity contribution in [3.8, 4) is 0 Å². The molecule has 0 aliphatic carbocycles. The Morgan fingerprint density at radius 3 is 2.21 bits per heavy atom. The minimum Gasteiger partial charge on any atom is -0.369 e. The van der Waals surface area contributed by atoms with E-state index in [1.807, 2.05) is 13.8 Å². The van der Waals surface area contributed by atoms with Crippen molar-refractivity contribution in [2.24, 2.45) is 5.92 Å². The molecule has 0 saturated heterocycles. The van der Waals surface area contributed by atoms with E-state index < -0.39 is 0 Å². The van der Waals surface area contributed by atoms with E-state index in [1.165, 1.54) is 0 Å². The minimum absolute atomic E-state index is 0.0169. The molecule has 1 amide bonds. The van der Waals surface area contributed by atoms with Crippen LogP contribution in [-0.4, -0.2) is 30.9 Å². The molecule has 82 valence electrons. The molecule has 0 aliphatic rings. The van der Waals surface area contributed by atoms with Crippen molar-refractivity contribution in [3.63, 3.8) is 0 Å². The van der Waals surface area contributed by atoms with E-state index in [4.69, 9.17) is 4.74 Å². The van der Waals surface area contributed by atoms with Gasteiger partial charge in [-0.3, -0.25) is 9.59 Å². The highest BCUT2D eigenvalue weighted by Gasteiger charge is 2.09. The number of nitrogens with one attached hydrogen (secondary N) is 1. The smallest absolute Gasteiger partial charge is 0.246 e. The summed E-state index contributed by atoms with van der Waals surface area (Å²) < 4.78 is 5.07. The molecule has 0 aromatic heterocycles. The first-order valence-electron chi connectivity index (χ1n) is 4.84. The summed E-state index contributed by atoms with van der Waals surface area (Å²) in [6.45, 7) is 7.43. The number of hydrogen-bond acceptors (Lipinski definition) is 3. The van der Waals surface area contributed by atoms with Crippen LogP contribution in [0.15, 0.2) is 0 Å². The zero-order valence-electron chi connectivity index (χ0n) is 9.29. The van der Waals surface area contributed by atoms with Crippen LogP contribution in [0.1, 0.15) is 27.7 Å². The highest BCUT2D eigenvalue weighted by molar-refractivity contribution is 5.87. The summed E-state index contributed by atoms with van der Waals surface area (Å²) in [6, 6.07) is 0. The van der Waals surface area contributed by atoms with E-state index in [-0.39, 0.29) is 36.9 Å². The molecule has 0 fully saturated rings. The molecule has 0 aliphatic heterocycles. The lowest BCUT2D eigenvalue weighted by Gasteiger charge is -2.08. The Bertz CT molecular complexity index is 200. The summed E-state index contributed by atoms with van der Waals surface area (Å²) in [4.78, 5) is 22.2. The van der Waals surface area contributed by atoms with Crippen molar-refractivity contribution in [1.82, 2.24) is 5.32 Å². The highest BCUT2D eigenvalue weighted by atomic mass is 16.5. The Morgan fingerprint density at radius 1 is 1.21 bits per heavy atom. The molecule has 0 heterocycles. The maximum Gasteiger partial charge on any atom is 0.246 e. The van der Waals surface area contributed by atoms with Crippen molar-refractivity contribution in [2.75, 3.05) is 13.2 Å². The Hall–Kier alpha value is -0.900. The minimum atomic E-state index is -0.243. The van der Waals surface area contributed by atoms with Gasteiger partial charge in [-0.1, -0.05) is 13.8 Å². The van der Waals surface area contributed by atoms with Gasteiger partial charge in [0.2, 0.25) is 5.91 Å². The van der Waals surface area contributed by atoms with Gasteiger partial charge in [-0.05, 0) is 13.8 Å². The summed E-state index contributed by atoms with van der Waals surface area (Å²) in [6.07, 6.45) is 0.0292. The van der Waals surface area contributed by atoms with E-state index in [1.54, 1.807) is 13.8 Å². The van der Waals surface area contributed by atoms with E-state index in [2.05, 4.69) is 5.32 Å². The molecule has 0 aromatic rings. The normalized spacial score (nSPS) is 10.7. The molecular formula is C10H19NO3. The molecule has 0 saturated carbocycles. The number of Topliss-reactive ketones (excluding diaryl/α,β-unsaturated/α-hetero) is 1. The lowest BCUT2D eigenvalue weighted by molar-refractivity contribution is -0.130. The molecule has 0 radical (unpaired) electrons. The Kier molecular flexibility index (Phi) is 6.12. The lowest BCUT2D eigenvalue weighted by atomic mass is 10.1. The van der Waals surface area contributed by atoms with Gasteiger partial charge in [0.25, 0.3) is 0 Å². The molecule has 4 heteroatoms. The van der Waals surface area contributed by atoms with Gasteiger partial charge in [-0.25, -0.2) is 0 Å². The average Bonchev–Trinajstić information content (AvgIpc) is 2.10. The van der Waals surface area contributed by atoms with E-state index >= 15 is 0 Å². The van der Waals surface area contributed by atoms with Gasteiger partial charge in [-0.15, -0.1) is 0 Å². The predicted octanol–water partition coefficient (Wildman–Crippen LogP) is 0.753. The third kappa shape index (κ3) is 6.60. The standard InChI is InChI=1S/C10H19NO3/c1-7(2)9(12)5-11-10(13)6-14-8(3)4/h7-8H,5-6H2,1-4H3,(H,11,13). The maximum absolute atomic E-state index is 11.1. The first-order valence-corrected chi connectivity index (χ1v) is 4.84. The van der Waals surface area contributed by atoms with Crippen molar-refractivity contribution in [1.29, 1.82) is 0 Å². The fourth-order valence-corrected chi connectivity index (χ4v) is 0.683. The van der Waals surface area contributed by atoms with Crippen molar-refractivity contribution < 1.29 is 14.3 Å². The van der Waals surface area contributed by atoms with Gasteiger partial charge in [0.05, 0.1) is 12.6 Å². The SMILES string of the molecule is CC(C)OCC(=O)NCC(=O)C(C)C. The van der Waals surface area contributed by atoms with Gasteiger partial charge in [0, 0.05) is 5.92 Å². The van der Waals surface area contributed by atoms with Gasteiger partial charge >= 0.3 is 0 Å². The number of amides is 1. The van der Waals surface area contributed by atoms with Crippen molar-refractivity contribution >= 4 is 11.7 Å². The molecule has 14 heavy (non-hydrogen) atoms. The second-order valence-corrected chi connectivity index (χ2v) is 3.76. The van der Waals surface area contributed by atoms with Crippen LogP contribution in [0.3, 0.4) is 0 Å². The van der Waals surface area contributed by atoms with Crippen LogP contribution in [0, 0.1) is 5.92 Å². The molecule has 0 aromatic carbocycles. The first kappa shape index (κ1) is 13.1. The summed E-state index contributed by atoms with van der Waals surface area (Å²) in [7, 11) is 0. The molecular weight excluding hydrogens is 182 g/mol. The zero-order valence-corrected chi connectivity index (χ0v) is 9.29. The van der Waals surface area contributed by atoms with Crippen LogP contribution in [0.4, 0.5) is 0 Å². The average molecular weight is 201 g/mol.